The number of fused-ring (bicyclic) bond motifs is 1. The largest absolute Gasteiger partial charge is 0.462 e. The number of carbonyl (C=O) groups excluding carboxylic acids is 1. The third-order valence-electron chi connectivity index (χ3n) is 5.12. The predicted molar refractivity (Wildman–Crippen MR) is 109 cm³/mol. The quantitative estimate of drug-likeness (QED) is 0.480. The molecule has 144 valence electrons. The fourth-order valence-electron chi connectivity index (χ4n) is 3.75. The summed E-state index contributed by atoms with van der Waals surface area (Å²) in [4.78, 5) is 16.7. The van der Waals surface area contributed by atoms with E-state index in [-0.39, 0.29) is 18.5 Å². The number of hydrogen-bond donors (Lipinski definition) is 2. The van der Waals surface area contributed by atoms with Gasteiger partial charge in [0, 0.05) is 18.0 Å². The molecule has 0 amide bonds. The van der Waals surface area contributed by atoms with Crippen LogP contribution in [-0.2, 0) is 18.3 Å². The van der Waals surface area contributed by atoms with Crippen LogP contribution >= 0.6 is 0 Å². The first-order valence-corrected chi connectivity index (χ1v) is 9.56. The number of nitrogens with zero attached hydrogens (tertiary/aromatic N) is 2. The molecule has 1 aromatic carbocycles. The molecule has 0 saturated carbocycles. The number of nitrogens with two attached hydrogens (primary N) is 2. The average Bonchev–Trinajstić information content (AvgIpc) is 2.82. The highest BCUT2D eigenvalue weighted by molar-refractivity contribution is 6.06. The van der Waals surface area contributed by atoms with Gasteiger partial charge in [-0.2, -0.15) is 0 Å². The number of allylic oxidation sites excluding steroid dienone is 2. The van der Waals surface area contributed by atoms with Gasteiger partial charge in [-0.3, -0.25) is 0 Å². The van der Waals surface area contributed by atoms with Gasteiger partial charge in [-0.05, 0) is 49.8 Å². The maximum atomic E-state index is 12.6. The Morgan fingerprint density at radius 2 is 2.07 bits per heavy atom. The molecule has 1 aliphatic rings. The third-order valence-corrected chi connectivity index (χ3v) is 5.12. The number of carbonyl (C=O) groups is 1. The number of esters is 1. The molecule has 0 radical (unpaired) electrons. The zero-order chi connectivity index (χ0) is 19.4. The standard InChI is InChI=1S/C21H28N4O2/c1-3-27-20(26)19-16-11-10-15(14-8-6-4-5-7-9-14)12-17(16)25(2)18(19)13-24-21(22)23/h8,10-12H,3-7,9,13H2,1-2H3,(H4,22,23,24). The number of ether oxygens (including phenoxy) is 1. The Hall–Kier alpha value is -2.76. The maximum absolute atomic E-state index is 12.6. The molecular weight excluding hydrogens is 340 g/mol. The summed E-state index contributed by atoms with van der Waals surface area (Å²) in [6, 6.07) is 6.28. The zero-order valence-electron chi connectivity index (χ0n) is 16.1. The van der Waals surface area contributed by atoms with Crippen molar-refractivity contribution in [3.63, 3.8) is 0 Å². The number of rotatable bonds is 5. The Bertz CT molecular complexity index is 905. The van der Waals surface area contributed by atoms with Gasteiger partial charge in [-0.1, -0.05) is 24.6 Å². The number of guanidine groups is 1. The lowest BCUT2D eigenvalue weighted by Gasteiger charge is -2.07. The summed E-state index contributed by atoms with van der Waals surface area (Å²) < 4.78 is 7.28. The van der Waals surface area contributed by atoms with Crippen molar-refractivity contribution in [2.24, 2.45) is 23.5 Å². The van der Waals surface area contributed by atoms with E-state index in [2.05, 4.69) is 23.2 Å². The fraction of sp³-hybridized carbons (Fsp3) is 0.429. The van der Waals surface area contributed by atoms with Crippen LogP contribution in [0.15, 0.2) is 29.3 Å². The molecule has 0 atom stereocenters. The van der Waals surface area contributed by atoms with Gasteiger partial charge in [-0.25, -0.2) is 9.79 Å². The molecular formula is C21H28N4O2. The summed E-state index contributed by atoms with van der Waals surface area (Å²) in [6.07, 6.45) is 8.34. The summed E-state index contributed by atoms with van der Waals surface area (Å²) in [6.45, 7) is 2.36. The van der Waals surface area contributed by atoms with Crippen LogP contribution in [0.2, 0.25) is 0 Å². The lowest BCUT2D eigenvalue weighted by Crippen LogP contribution is -2.23. The molecule has 27 heavy (non-hydrogen) atoms. The molecule has 0 saturated heterocycles. The monoisotopic (exact) mass is 368 g/mol. The van der Waals surface area contributed by atoms with Crippen molar-refractivity contribution in [2.75, 3.05) is 6.61 Å². The Morgan fingerprint density at radius 1 is 1.26 bits per heavy atom. The lowest BCUT2D eigenvalue weighted by molar-refractivity contribution is 0.0527. The van der Waals surface area contributed by atoms with E-state index in [1.165, 1.54) is 30.4 Å². The highest BCUT2D eigenvalue weighted by Crippen LogP contribution is 2.32. The predicted octanol–water partition coefficient (Wildman–Crippen LogP) is 3.48. The van der Waals surface area contributed by atoms with E-state index in [0.717, 1.165) is 29.4 Å². The molecule has 6 heteroatoms. The van der Waals surface area contributed by atoms with Crippen molar-refractivity contribution < 1.29 is 9.53 Å². The van der Waals surface area contributed by atoms with Gasteiger partial charge >= 0.3 is 5.97 Å². The summed E-state index contributed by atoms with van der Waals surface area (Å²) in [7, 11) is 1.94. The van der Waals surface area contributed by atoms with E-state index in [9.17, 15) is 4.79 Å². The van der Waals surface area contributed by atoms with Gasteiger partial charge in [0.2, 0.25) is 0 Å². The molecule has 6 nitrogen and oxygen atoms in total. The number of hydrogen-bond acceptors (Lipinski definition) is 3. The molecule has 2 aromatic rings. The Morgan fingerprint density at radius 3 is 2.81 bits per heavy atom. The lowest BCUT2D eigenvalue weighted by atomic mass is 9.99. The van der Waals surface area contributed by atoms with Gasteiger partial charge in [-0.15, -0.1) is 0 Å². The highest BCUT2D eigenvalue weighted by Gasteiger charge is 2.22. The van der Waals surface area contributed by atoms with Crippen LogP contribution in [0.1, 0.15) is 60.6 Å². The second-order valence-electron chi connectivity index (χ2n) is 6.90. The minimum Gasteiger partial charge on any atom is -0.462 e. The normalized spacial score (nSPS) is 14.5. The summed E-state index contributed by atoms with van der Waals surface area (Å²) in [5.74, 6) is -0.343. The van der Waals surface area contributed by atoms with Crippen LogP contribution in [0.25, 0.3) is 16.5 Å². The smallest absolute Gasteiger partial charge is 0.340 e. The van der Waals surface area contributed by atoms with Crippen LogP contribution in [0, 0.1) is 0 Å². The van der Waals surface area contributed by atoms with E-state index in [1.807, 2.05) is 17.7 Å². The van der Waals surface area contributed by atoms with Crippen LogP contribution in [-0.4, -0.2) is 23.1 Å². The molecule has 0 unspecified atom stereocenters. The van der Waals surface area contributed by atoms with Gasteiger partial charge in [0.05, 0.1) is 24.4 Å². The molecule has 3 rings (SSSR count). The van der Waals surface area contributed by atoms with Crippen molar-refractivity contribution in [3.05, 3.63) is 41.1 Å². The second kappa shape index (κ2) is 8.29. The molecule has 0 bridgehead atoms. The number of aliphatic imine (C=N–C) groups is 1. The minimum absolute atomic E-state index is 0.000588. The molecule has 4 N–H and O–H groups in total. The van der Waals surface area contributed by atoms with E-state index >= 15 is 0 Å². The van der Waals surface area contributed by atoms with Crippen LogP contribution in [0.5, 0.6) is 0 Å². The van der Waals surface area contributed by atoms with Crippen molar-refractivity contribution in [3.8, 4) is 0 Å². The van der Waals surface area contributed by atoms with Gasteiger partial charge in [0.25, 0.3) is 0 Å². The highest BCUT2D eigenvalue weighted by atomic mass is 16.5. The summed E-state index contributed by atoms with van der Waals surface area (Å²) in [5.41, 5.74) is 15.9. The number of benzene rings is 1. The van der Waals surface area contributed by atoms with Crippen molar-refractivity contribution in [2.45, 2.75) is 45.6 Å². The molecule has 0 fully saturated rings. The Labute approximate surface area is 159 Å². The van der Waals surface area contributed by atoms with E-state index in [1.54, 1.807) is 6.92 Å². The van der Waals surface area contributed by atoms with E-state index in [4.69, 9.17) is 16.2 Å². The van der Waals surface area contributed by atoms with Crippen LogP contribution in [0.4, 0.5) is 0 Å². The summed E-state index contributed by atoms with van der Waals surface area (Å²) in [5, 5.41) is 0.870. The second-order valence-corrected chi connectivity index (χ2v) is 6.90. The van der Waals surface area contributed by atoms with Gasteiger partial charge < -0.3 is 20.8 Å². The fourth-order valence-corrected chi connectivity index (χ4v) is 3.75. The number of aromatic nitrogens is 1. The van der Waals surface area contributed by atoms with Crippen LogP contribution in [0.3, 0.4) is 0 Å². The Kier molecular flexibility index (Phi) is 5.84. The first kappa shape index (κ1) is 19.0. The van der Waals surface area contributed by atoms with E-state index in [0.29, 0.717) is 12.2 Å². The van der Waals surface area contributed by atoms with Crippen LogP contribution < -0.4 is 11.5 Å². The van der Waals surface area contributed by atoms with Gasteiger partial charge in [0.15, 0.2) is 5.96 Å². The molecule has 1 aliphatic carbocycles. The SMILES string of the molecule is CCOC(=O)c1c(CN=C(N)N)n(C)c2cc(C3=CCCCCC3)ccc12. The maximum Gasteiger partial charge on any atom is 0.340 e. The molecule has 0 aliphatic heterocycles. The average molecular weight is 368 g/mol. The third kappa shape index (κ3) is 3.99. The summed E-state index contributed by atoms with van der Waals surface area (Å²) >= 11 is 0. The molecule has 0 spiro atoms. The minimum atomic E-state index is -0.342. The molecule has 1 aromatic heterocycles. The van der Waals surface area contributed by atoms with Crippen molar-refractivity contribution in [1.82, 2.24) is 4.57 Å². The van der Waals surface area contributed by atoms with Crippen molar-refractivity contribution >= 4 is 28.4 Å². The Balaban J connectivity index is 2.13. The zero-order valence-corrected chi connectivity index (χ0v) is 16.1. The van der Waals surface area contributed by atoms with E-state index < -0.39 is 0 Å². The van der Waals surface area contributed by atoms with Crippen molar-refractivity contribution in [1.29, 1.82) is 0 Å². The topological polar surface area (TPSA) is 95.6 Å². The number of aryl methyl sites for hydroxylation is 1. The first-order valence-electron chi connectivity index (χ1n) is 9.56. The van der Waals surface area contributed by atoms with Gasteiger partial charge in [0.1, 0.15) is 0 Å². The molecule has 1 heterocycles. The first-order chi connectivity index (χ1) is 13.0.